The summed E-state index contributed by atoms with van der Waals surface area (Å²) >= 11 is 1.66. The lowest BCUT2D eigenvalue weighted by molar-refractivity contribution is -0.143. The van der Waals surface area contributed by atoms with Gasteiger partial charge in [-0.05, 0) is 53.6 Å². The molecule has 0 N–H and O–H groups in total. The van der Waals surface area contributed by atoms with E-state index in [1.165, 1.54) is 17.0 Å². The summed E-state index contributed by atoms with van der Waals surface area (Å²) in [6.45, 7) is 4.91. The minimum atomic E-state index is -0.373. The Bertz CT molecular complexity index is 1110. The van der Waals surface area contributed by atoms with Gasteiger partial charge in [0.1, 0.15) is 30.5 Å². The standard InChI is InChI=1S/C26H29FN2O4S/c1-18(2)13-25(30)28(15-21-7-4-11-32-21)16-26(31)29-10-8-24-22(9-12-34-24)23(29)17-33-20-6-3-5-19(27)14-20/h3-7,9,11-12,14,18,23H,8,10,13,15-17H2,1-2H3. The lowest BCUT2D eigenvalue weighted by Crippen LogP contribution is -2.47. The lowest BCUT2D eigenvalue weighted by atomic mass is 10.00. The van der Waals surface area contributed by atoms with Gasteiger partial charge in [-0.3, -0.25) is 9.59 Å². The lowest BCUT2D eigenvalue weighted by Gasteiger charge is -2.37. The van der Waals surface area contributed by atoms with Crippen LogP contribution in [0.25, 0.3) is 0 Å². The molecule has 3 heterocycles. The quantitative estimate of drug-likeness (QED) is 0.426. The molecule has 4 rings (SSSR count). The maximum Gasteiger partial charge on any atom is 0.242 e. The predicted octanol–water partition coefficient (Wildman–Crippen LogP) is 5.06. The number of ether oxygens (including phenoxy) is 1. The molecule has 2 aromatic heterocycles. The van der Waals surface area contributed by atoms with Crippen molar-refractivity contribution in [1.82, 2.24) is 9.80 Å². The van der Waals surface area contributed by atoms with Crippen LogP contribution < -0.4 is 4.74 Å². The minimum Gasteiger partial charge on any atom is -0.491 e. The number of benzene rings is 1. The molecule has 1 unspecified atom stereocenters. The normalized spacial score (nSPS) is 15.3. The van der Waals surface area contributed by atoms with Crippen LogP contribution in [0.2, 0.25) is 0 Å². The van der Waals surface area contributed by atoms with Gasteiger partial charge in [0.25, 0.3) is 0 Å². The molecule has 0 aliphatic carbocycles. The zero-order valence-electron chi connectivity index (χ0n) is 19.4. The zero-order valence-corrected chi connectivity index (χ0v) is 20.2. The highest BCUT2D eigenvalue weighted by Crippen LogP contribution is 2.34. The maximum absolute atomic E-state index is 13.6. The third-order valence-electron chi connectivity index (χ3n) is 5.81. The molecule has 3 aromatic rings. The van der Waals surface area contributed by atoms with Crippen molar-refractivity contribution in [3.05, 3.63) is 76.1 Å². The molecule has 0 saturated carbocycles. The Morgan fingerprint density at radius 1 is 1.26 bits per heavy atom. The fraction of sp³-hybridized carbons (Fsp3) is 0.385. The second kappa shape index (κ2) is 10.9. The molecule has 0 bridgehead atoms. The van der Waals surface area contributed by atoms with Gasteiger partial charge in [-0.2, -0.15) is 0 Å². The van der Waals surface area contributed by atoms with Crippen molar-refractivity contribution >= 4 is 23.2 Å². The highest BCUT2D eigenvalue weighted by atomic mass is 32.1. The number of amides is 2. The Labute approximate surface area is 202 Å². The van der Waals surface area contributed by atoms with Crippen LogP contribution in [-0.2, 0) is 22.6 Å². The SMILES string of the molecule is CC(C)CC(=O)N(CC(=O)N1CCc2sccc2C1COc1cccc(F)c1)Cc1ccco1. The molecule has 0 fully saturated rings. The highest BCUT2D eigenvalue weighted by Gasteiger charge is 2.33. The molecule has 0 radical (unpaired) electrons. The van der Waals surface area contributed by atoms with Crippen LogP contribution in [0.5, 0.6) is 5.75 Å². The average molecular weight is 485 g/mol. The number of nitrogens with zero attached hydrogens (tertiary/aromatic N) is 2. The van der Waals surface area contributed by atoms with E-state index in [1.54, 1.807) is 51.7 Å². The van der Waals surface area contributed by atoms with E-state index in [0.29, 0.717) is 24.5 Å². The van der Waals surface area contributed by atoms with Gasteiger partial charge in [0.15, 0.2) is 0 Å². The summed E-state index contributed by atoms with van der Waals surface area (Å²) in [5.41, 5.74) is 1.05. The Kier molecular flexibility index (Phi) is 7.67. The summed E-state index contributed by atoms with van der Waals surface area (Å²) in [7, 11) is 0. The number of thiophene rings is 1. The molecule has 0 spiro atoms. The van der Waals surface area contributed by atoms with Crippen molar-refractivity contribution in [2.75, 3.05) is 19.7 Å². The number of halogens is 1. The van der Waals surface area contributed by atoms with Gasteiger partial charge in [0, 0.05) is 23.9 Å². The summed E-state index contributed by atoms with van der Waals surface area (Å²) in [4.78, 5) is 31.0. The monoisotopic (exact) mass is 484 g/mol. The Morgan fingerprint density at radius 2 is 2.12 bits per heavy atom. The fourth-order valence-electron chi connectivity index (χ4n) is 4.16. The van der Waals surface area contributed by atoms with Gasteiger partial charge in [0.2, 0.25) is 11.8 Å². The Morgan fingerprint density at radius 3 is 2.85 bits per heavy atom. The van der Waals surface area contributed by atoms with E-state index in [0.717, 1.165) is 12.0 Å². The molecular weight excluding hydrogens is 455 g/mol. The maximum atomic E-state index is 13.6. The smallest absolute Gasteiger partial charge is 0.242 e. The molecule has 0 saturated heterocycles. The van der Waals surface area contributed by atoms with Crippen LogP contribution in [0.15, 0.2) is 58.5 Å². The summed E-state index contributed by atoms with van der Waals surface area (Å²) < 4.78 is 24.9. The van der Waals surface area contributed by atoms with Crippen LogP contribution in [-0.4, -0.2) is 41.3 Å². The average Bonchev–Trinajstić information content (AvgIpc) is 3.48. The van der Waals surface area contributed by atoms with Crippen molar-refractivity contribution in [1.29, 1.82) is 0 Å². The van der Waals surface area contributed by atoms with Crippen LogP contribution in [0.4, 0.5) is 4.39 Å². The molecule has 1 atom stereocenters. The largest absolute Gasteiger partial charge is 0.491 e. The summed E-state index contributed by atoms with van der Waals surface area (Å²) in [5, 5.41) is 2.02. The van der Waals surface area contributed by atoms with Crippen molar-refractivity contribution in [2.24, 2.45) is 5.92 Å². The number of hydrogen-bond donors (Lipinski definition) is 0. The number of carbonyl (C=O) groups is 2. The van der Waals surface area contributed by atoms with Crippen LogP contribution in [0, 0.1) is 11.7 Å². The van der Waals surface area contributed by atoms with Crippen molar-refractivity contribution in [2.45, 2.75) is 39.3 Å². The molecule has 2 amide bonds. The molecule has 180 valence electrons. The van der Waals surface area contributed by atoms with E-state index in [2.05, 4.69) is 0 Å². The molecule has 1 aliphatic heterocycles. The summed E-state index contributed by atoms with van der Waals surface area (Å²) in [5.74, 6) is 0.630. The summed E-state index contributed by atoms with van der Waals surface area (Å²) in [6, 6.07) is 11.3. The number of hydrogen-bond acceptors (Lipinski definition) is 5. The van der Waals surface area contributed by atoms with E-state index in [-0.39, 0.29) is 49.3 Å². The van der Waals surface area contributed by atoms with Crippen molar-refractivity contribution in [3.63, 3.8) is 0 Å². The van der Waals surface area contributed by atoms with E-state index in [4.69, 9.17) is 9.15 Å². The first kappa shape index (κ1) is 24.0. The van der Waals surface area contributed by atoms with Gasteiger partial charge >= 0.3 is 0 Å². The van der Waals surface area contributed by atoms with E-state index >= 15 is 0 Å². The number of carbonyl (C=O) groups excluding carboxylic acids is 2. The zero-order chi connectivity index (χ0) is 24.1. The molecule has 34 heavy (non-hydrogen) atoms. The molecule has 1 aromatic carbocycles. The predicted molar refractivity (Wildman–Crippen MR) is 128 cm³/mol. The van der Waals surface area contributed by atoms with Crippen LogP contribution in [0.1, 0.15) is 42.5 Å². The van der Waals surface area contributed by atoms with E-state index < -0.39 is 0 Å². The van der Waals surface area contributed by atoms with Gasteiger partial charge in [-0.15, -0.1) is 11.3 Å². The summed E-state index contributed by atoms with van der Waals surface area (Å²) in [6.07, 6.45) is 2.67. The van der Waals surface area contributed by atoms with Gasteiger partial charge < -0.3 is 19.0 Å². The number of furan rings is 1. The molecule has 6 nitrogen and oxygen atoms in total. The Balaban J connectivity index is 1.51. The molecular formula is C26H29FN2O4S. The van der Waals surface area contributed by atoms with E-state index in [9.17, 15) is 14.0 Å². The van der Waals surface area contributed by atoms with E-state index in [1.807, 2.05) is 25.3 Å². The second-order valence-electron chi connectivity index (χ2n) is 8.85. The third kappa shape index (κ3) is 5.86. The second-order valence-corrected chi connectivity index (χ2v) is 9.85. The third-order valence-corrected chi connectivity index (χ3v) is 6.80. The Hall–Kier alpha value is -3.13. The molecule has 8 heteroatoms. The number of fused-ring (bicyclic) bond motifs is 1. The molecule has 1 aliphatic rings. The van der Waals surface area contributed by atoms with Gasteiger partial charge in [0.05, 0.1) is 18.8 Å². The first-order valence-electron chi connectivity index (χ1n) is 11.4. The minimum absolute atomic E-state index is 0.0395. The van der Waals surface area contributed by atoms with Crippen molar-refractivity contribution in [3.8, 4) is 5.75 Å². The fourth-order valence-corrected chi connectivity index (χ4v) is 5.09. The van der Waals surface area contributed by atoms with Crippen molar-refractivity contribution < 1.29 is 23.1 Å². The number of rotatable bonds is 9. The van der Waals surface area contributed by atoms with Crippen LogP contribution in [0.3, 0.4) is 0 Å². The van der Waals surface area contributed by atoms with Gasteiger partial charge in [-0.25, -0.2) is 4.39 Å². The van der Waals surface area contributed by atoms with Gasteiger partial charge in [-0.1, -0.05) is 19.9 Å². The first-order valence-corrected chi connectivity index (χ1v) is 12.3. The highest BCUT2D eigenvalue weighted by molar-refractivity contribution is 7.10. The first-order chi connectivity index (χ1) is 16.4. The topological polar surface area (TPSA) is 63.0 Å². The van der Waals surface area contributed by atoms with Crippen LogP contribution >= 0.6 is 11.3 Å².